The molecule has 1 fully saturated rings. The van der Waals surface area contributed by atoms with E-state index >= 15 is 0 Å². The molecule has 3 nitrogen and oxygen atoms in total. The summed E-state index contributed by atoms with van der Waals surface area (Å²) in [4.78, 5) is 7.35. The van der Waals surface area contributed by atoms with E-state index in [-0.39, 0.29) is 6.54 Å². The van der Waals surface area contributed by atoms with Crippen LogP contribution in [0.2, 0.25) is 0 Å². The number of anilines is 1. The van der Waals surface area contributed by atoms with E-state index < -0.39 is 6.43 Å². The van der Waals surface area contributed by atoms with Gasteiger partial charge in [0.2, 0.25) is 0 Å². The minimum Gasteiger partial charge on any atom is -0.345 e. The van der Waals surface area contributed by atoms with Crippen LogP contribution in [0.5, 0.6) is 0 Å². The van der Waals surface area contributed by atoms with Gasteiger partial charge in [0.05, 0.1) is 12.2 Å². The van der Waals surface area contributed by atoms with Gasteiger partial charge in [-0.05, 0) is 25.8 Å². The van der Waals surface area contributed by atoms with Gasteiger partial charge in [-0.2, -0.15) is 0 Å². The van der Waals surface area contributed by atoms with Crippen LogP contribution < -0.4 is 10.2 Å². The number of rotatable bonds is 8. The van der Waals surface area contributed by atoms with Crippen LogP contribution in [0.1, 0.15) is 42.7 Å². The van der Waals surface area contributed by atoms with Crippen molar-refractivity contribution in [3.8, 4) is 0 Å². The second-order valence-electron chi connectivity index (χ2n) is 5.03. The number of hydrogen-bond acceptors (Lipinski definition) is 4. The molecule has 1 aromatic heterocycles. The van der Waals surface area contributed by atoms with Gasteiger partial charge in [-0.25, -0.2) is 13.8 Å². The number of aromatic nitrogens is 1. The number of halogens is 2. The molecule has 1 aromatic rings. The molecule has 2 rings (SSSR count). The summed E-state index contributed by atoms with van der Waals surface area (Å²) in [7, 11) is 1.69. The van der Waals surface area contributed by atoms with Crippen molar-refractivity contribution >= 4 is 16.5 Å². The molecule has 1 N–H and O–H groups in total. The molecule has 1 aliphatic carbocycles. The molecule has 6 heteroatoms. The fraction of sp³-hybridized carbons (Fsp3) is 0.769. The fourth-order valence-corrected chi connectivity index (χ4v) is 3.07. The molecule has 108 valence electrons. The van der Waals surface area contributed by atoms with Crippen LogP contribution in [-0.4, -0.2) is 31.5 Å². The van der Waals surface area contributed by atoms with Crippen molar-refractivity contribution in [2.75, 3.05) is 25.0 Å². The summed E-state index contributed by atoms with van der Waals surface area (Å²) < 4.78 is 24.8. The van der Waals surface area contributed by atoms with E-state index in [1.165, 1.54) is 17.7 Å². The second kappa shape index (κ2) is 6.61. The summed E-state index contributed by atoms with van der Waals surface area (Å²) in [6, 6.07) is 0. The van der Waals surface area contributed by atoms with Gasteiger partial charge in [-0.15, -0.1) is 11.3 Å². The Morgan fingerprint density at radius 1 is 1.47 bits per heavy atom. The summed E-state index contributed by atoms with van der Waals surface area (Å²) in [5.74, 6) is 0.559. The molecule has 0 atom stereocenters. The first-order chi connectivity index (χ1) is 9.11. The third kappa shape index (κ3) is 4.11. The van der Waals surface area contributed by atoms with Crippen LogP contribution in [0, 0.1) is 0 Å². The highest BCUT2D eigenvalue weighted by Gasteiger charge is 2.30. The summed E-state index contributed by atoms with van der Waals surface area (Å²) in [5, 5.41) is 4.09. The average molecular weight is 289 g/mol. The molecule has 19 heavy (non-hydrogen) atoms. The lowest BCUT2D eigenvalue weighted by Gasteiger charge is -2.14. The molecule has 1 saturated carbocycles. The Kier molecular flexibility index (Phi) is 5.10. The van der Waals surface area contributed by atoms with Crippen LogP contribution in [-0.2, 0) is 6.54 Å². The Labute approximate surface area is 117 Å². The number of thiazole rings is 1. The Bertz CT molecular complexity index is 405. The molecule has 0 radical (unpaired) electrons. The van der Waals surface area contributed by atoms with Gasteiger partial charge in [-0.3, -0.25) is 0 Å². The normalized spacial score (nSPS) is 15.2. The smallest absolute Gasteiger partial charge is 0.255 e. The molecule has 0 aliphatic heterocycles. The van der Waals surface area contributed by atoms with Crippen molar-refractivity contribution < 1.29 is 8.78 Å². The van der Waals surface area contributed by atoms with Gasteiger partial charge in [0.25, 0.3) is 6.43 Å². The average Bonchev–Trinajstić information content (AvgIpc) is 3.10. The Hall–Kier alpha value is -0.750. The molecule has 0 unspecified atom stereocenters. The zero-order chi connectivity index (χ0) is 13.8. The van der Waals surface area contributed by atoms with Crippen molar-refractivity contribution in [1.29, 1.82) is 0 Å². The predicted octanol–water partition coefficient (Wildman–Crippen LogP) is 3.22. The van der Waals surface area contributed by atoms with Gasteiger partial charge in [-0.1, -0.05) is 6.92 Å². The first-order valence-corrected chi connectivity index (χ1v) is 7.63. The van der Waals surface area contributed by atoms with Gasteiger partial charge in [0.15, 0.2) is 5.13 Å². The highest BCUT2D eigenvalue weighted by atomic mass is 32.1. The van der Waals surface area contributed by atoms with Crippen molar-refractivity contribution in [3.05, 3.63) is 10.6 Å². The van der Waals surface area contributed by atoms with Gasteiger partial charge >= 0.3 is 0 Å². The maximum absolute atomic E-state index is 12.4. The van der Waals surface area contributed by atoms with Crippen molar-refractivity contribution in [3.63, 3.8) is 0 Å². The van der Waals surface area contributed by atoms with E-state index in [1.807, 2.05) is 0 Å². The molecule has 1 aliphatic rings. The van der Waals surface area contributed by atoms with Crippen LogP contribution in [0.4, 0.5) is 13.9 Å². The number of alkyl halides is 2. The summed E-state index contributed by atoms with van der Waals surface area (Å²) in [6.07, 6.45) is 1.14. The van der Waals surface area contributed by atoms with Gasteiger partial charge in [0, 0.05) is 24.4 Å². The van der Waals surface area contributed by atoms with Crippen LogP contribution in [0.15, 0.2) is 0 Å². The molecule has 0 saturated heterocycles. The fourth-order valence-electron chi connectivity index (χ4n) is 1.98. The molecule has 0 aromatic carbocycles. The van der Waals surface area contributed by atoms with Crippen molar-refractivity contribution in [1.82, 2.24) is 10.3 Å². The van der Waals surface area contributed by atoms with E-state index in [0.29, 0.717) is 5.92 Å². The lowest BCUT2D eigenvalue weighted by molar-refractivity contribution is 0.156. The van der Waals surface area contributed by atoms with Gasteiger partial charge < -0.3 is 10.2 Å². The van der Waals surface area contributed by atoms with E-state index in [1.54, 1.807) is 23.3 Å². The molecule has 0 amide bonds. The molecule has 0 spiro atoms. The molecular weight excluding hydrogens is 268 g/mol. The first-order valence-electron chi connectivity index (χ1n) is 6.81. The van der Waals surface area contributed by atoms with E-state index in [9.17, 15) is 8.78 Å². The number of nitrogens with one attached hydrogen (secondary N) is 1. The Morgan fingerprint density at radius 2 is 2.21 bits per heavy atom. The standard InChI is InChI=1S/C13H21F2N3S/c1-3-6-16-7-10-12(9-4-5-9)17-13(19-10)18(2)8-11(14)15/h9,11,16H,3-8H2,1-2H3. The lowest BCUT2D eigenvalue weighted by atomic mass is 10.2. The SMILES string of the molecule is CCCNCc1sc(N(C)CC(F)F)nc1C1CC1. The third-order valence-corrected chi connectivity index (χ3v) is 4.32. The van der Waals surface area contributed by atoms with E-state index in [4.69, 9.17) is 0 Å². The maximum atomic E-state index is 12.4. The first kappa shape index (κ1) is 14.7. The quantitative estimate of drug-likeness (QED) is 0.745. The summed E-state index contributed by atoms with van der Waals surface area (Å²) >= 11 is 1.55. The van der Waals surface area contributed by atoms with Crippen molar-refractivity contribution in [2.45, 2.75) is 45.1 Å². The van der Waals surface area contributed by atoms with Crippen LogP contribution in [0.3, 0.4) is 0 Å². The van der Waals surface area contributed by atoms with E-state index in [0.717, 1.165) is 30.3 Å². The Balaban J connectivity index is 2.05. The number of nitrogens with zero attached hydrogens (tertiary/aromatic N) is 2. The number of hydrogen-bond donors (Lipinski definition) is 1. The zero-order valence-electron chi connectivity index (χ0n) is 11.5. The van der Waals surface area contributed by atoms with Gasteiger partial charge in [0.1, 0.15) is 0 Å². The molecular formula is C13H21F2N3S. The monoisotopic (exact) mass is 289 g/mol. The molecule has 1 heterocycles. The summed E-state index contributed by atoms with van der Waals surface area (Å²) in [6.45, 7) is 3.66. The van der Waals surface area contributed by atoms with Crippen LogP contribution in [0.25, 0.3) is 0 Å². The van der Waals surface area contributed by atoms with Crippen molar-refractivity contribution in [2.24, 2.45) is 0 Å². The Morgan fingerprint density at radius 3 is 2.79 bits per heavy atom. The highest BCUT2D eigenvalue weighted by molar-refractivity contribution is 7.15. The van der Waals surface area contributed by atoms with Crippen LogP contribution >= 0.6 is 11.3 Å². The molecule has 0 bridgehead atoms. The second-order valence-corrected chi connectivity index (χ2v) is 6.09. The predicted molar refractivity (Wildman–Crippen MR) is 75.4 cm³/mol. The third-order valence-electron chi connectivity index (χ3n) is 3.13. The minimum absolute atomic E-state index is 0.251. The highest BCUT2D eigenvalue weighted by Crippen LogP contribution is 2.44. The topological polar surface area (TPSA) is 28.2 Å². The lowest BCUT2D eigenvalue weighted by Crippen LogP contribution is -2.23. The minimum atomic E-state index is -2.32. The zero-order valence-corrected chi connectivity index (χ0v) is 12.3. The largest absolute Gasteiger partial charge is 0.345 e. The summed E-state index contributed by atoms with van der Waals surface area (Å²) in [5.41, 5.74) is 1.13. The van der Waals surface area contributed by atoms with E-state index in [2.05, 4.69) is 17.2 Å². The maximum Gasteiger partial charge on any atom is 0.255 e.